The summed E-state index contributed by atoms with van der Waals surface area (Å²) in [6.07, 6.45) is 2.31. The molecule has 0 unspecified atom stereocenters. The molecule has 1 nitrogen and oxygen atoms in total. The van der Waals surface area contributed by atoms with E-state index in [1.54, 1.807) is 11.3 Å². The van der Waals surface area contributed by atoms with Crippen molar-refractivity contribution in [2.45, 2.75) is 19.8 Å². The van der Waals surface area contributed by atoms with Crippen molar-refractivity contribution in [1.82, 2.24) is 4.98 Å². The summed E-state index contributed by atoms with van der Waals surface area (Å²) in [5.41, 5.74) is 1.32. The Morgan fingerprint density at radius 3 is 3.00 bits per heavy atom. The average Bonchev–Trinajstić information content (AvgIpc) is 2.44. The standard InChI is InChI=1S/C9H10ClNS/c1-2-3-7-4-6-5-8(10)12-9(6)11-7/h4-5,11H,2-3H2,1H3. The van der Waals surface area contributed by atoms with Gasteiger partial charge in [-0.1, -0.05) is 24.9 Å². The zero-order valence-corrected chi connectivity index (χ0v) is 8.43. The lowest BCUT2D eigenvalue weighted by molar-refractivity contribution is 0.897. The Hall–Kier alpha value is -0.470. The number of H-pyrrole nitrogens is 1. The molecule has 0 saturated carbocycles. The van der Waals surface area contributed by atoms with Crippen LogP contribution in [0.1, 0.15) is 19.0 Å². The van der Waals surface area contributed by atoms with Crippen molar-refractivity contribution in [1.29, 1.82) is 0 Å². The fourth-order valence-electron chi connectivity index (χ4n) is 1.35. The lowest BCUT2D eigenvalue weighted by Gasteiger charge is -1.89. The van der Waals surface area contributed by atoms with Crippen molar-refractivity contribution in [2.75, 3.05) is 0 Å². The number of fused-ring (bicyclic) bond motifs is 1. The van der Waals surface area contributed by atoms with Crippen LogP contribution < -0.4 is 0 Å². The molecule has 0 aliphatic heterocycles. The number of halogens is 1. The molecule has 1 N–H and O–H groups in total. The summed E-state index contributed by atoms with van der Waals surface area (Å²) in [5, 5.41) is 1.24. The van der Waals surface area contributed by atoms with E-state index < -0.39 is 0 Å². The summed E-state index contributed by atoms with van der Waals surface area (Å²) in [4.78, 5) is 4.55. The van der Waals surface area contributed by atoms with E-state index in [1.165, 1.54) is 22.3 Å². The van der Waals surface area contributed by atoms with E-state index in [0.717, 1.165) is 10.8 Å². The highest BCUT2D eigenvalue weighted by atomic mass is 35.5. The van der Waals surface area contributed by atoms with Gasteiger partial charge >= 0.3 is 0 Å². The van der Waals surface area contributed by atoms with E-state index in [2.05, 4.69) is 18.0 Å². The van der Waals surface area contributed by atoms with E-state index in [0.29, 0.717) is 0 Å². The van der Waals surface area contributed by atoms with Crippen LogP contribution in [0.3, 0.4) is 0 Å². The summed E-state index contributed by atoms with van der Waals surface area (Å²) in [5.74, 6) is 0. The fourth-order valence-corrected chi connectivity index (χ4v) is 2.50. The molecule has 2 heterocycles. The van der Waals surface area contributed by atoms with E-state index >= 15 is 0 Å². The fraction of sp³-hybridized carbons (Fsp3) is 0.333. The van der Waals surface area contributed by atoms with Crippen molar-refractivity contribution in [2.24, 2.45) is 0 Å². The molecule has 12 heavy (non-hydrogen) atoms. The Kier molecular flexibility index (Phi) is 2.11. The van der Waals surface area contributed by atoms with Gasteiger partial charge in [-0.2, -0.15) is 0 Å². The number of thiophene rings is 1. The van der Waals surface area contributed by atoms with Crippen LogP contribution in [0.2, 0.25) is 4.34 Å². The van der Waals surface area contributed by atoms with Crippen LogP contribution in [0.5, 0.6) is 0 Å². The largest absolute Gasteiger partial charge is 0.350 e. The Bertz CT molecular complexity index is 357. The second kappa shape index (κ2) is 3.11. The van der Waals surface area contributed by atoms with E-state index in [1.807, 2.05) is 6.07 Å². The number of nitrogens with one attached hydrogen (secondary N) is 1. The second-order valence-corrected chi connectivity index (χ2v) is 4.56. The molecule has 0 aliphatic carbocycles. The molecule has 0 amide bonds. The third kappa shape index (κ3) is 1.37. The molecule has 0 atom stereocenters. The number of hydrogen-bond acceptors (Lipinski definition) is 1. The SMILES string of the molecule is CCCc1cc2cc(Cl)sc2[nH]1. The van der Waals surface area contributed by atoms with Gasteiger partial charge < -0.3 is 4.98 Å². The van der Waals surface area contributed by atoms with Crippen LogP contribution >= 0.6 is 22.9 Å². The van der Waals surface area contributed by atoms with Gasteiger partial charge in [0, 0.05) is 11.1 Å². The number of aryl methyl sites for hydroxylation is 1. The number of aromatic nitrogens is 1. The molecule has 2 aromatic heterocycles. The molecular weight excluding hydrogens is 190 g/mol. The van der Waals surface area contributed by atoms with Crippen LogP contribution in [0.15, 0.2) is 12.1 Å². The Morgan fingerprint density at radius 2 is 2.33 bits per heavy atom. The van der Waals surface area contributed by atoms with Gasteiger partial charge in [0.05, 0.1) is 4.34 Å². The third-order valence-electron chi connectivity index (χ3n) is 1.85. The maximum Gasteiger partial charge on any atom is 0.101 e. The van der Waals surface area contributed by atoms with Gasteiger partial charge in [0.15, 0.2) is 0 Å². The van der Waals surface area contributed by atoms with Crippen LogP contribution in [-0.4, -0.2) is 4.98 Å². The highest BCUT2D eigenvalue weighted by Gasteiger charge is 2.03. The second-order valence-electron chi connectivity index (χ2n) is 2.88. The molecule has 3 heteroatoms. The van der Waals surface area contributed by atoms with Crippen LogP contribution in [-0.2, 0) is 6.42 Å². The molecule has 2 rings (SSSR count). The minimum absolute atomic E-state index is 0.860. The lowest BCUT2D eigenvalue weighted by Crippen LogP contribution is -1.79. The van der Waals surface area contributed by atoms with Crippen molar-refractivity contribution < 1.29 is 0 Å². The smallest absolute Gasteiger partial charge is 0.101 e. The lowest BCUT2D eigenvalue weighted by atomic mass is 10.2. The summed E-state index contributed by atoms with van der Waals surface area (Å²) in [6.45, 7) is 2.18. The zero-order valence-electron chi connectivity index (χ0n) is 6.86. The molecule has 0 bridgehead atoms. The monoisotopic (exact) mass is 199 g/mol. The Morgan fingerprint density at radius 1 is 1.50 bits per heavy atom. The first-order chi connectivity index (χ1) is 5.79. The van der Waals surface area contributed by atoms with Crippen molar-refractivity contribution >= 4 is 33.2 Å². The van der Waals surface area contributed by atoms with Crippen LogP contribution in [0.25, 0.3) is 10.2 Å². The average molecular weight is 200 g/mol. The minimum atomic E-state index is 0.860. The molecule has 2 aromatic rings. The molecule has 0 fully saturated rings. The molecule has 0 saturated heterocycles. The molecule has 0 aromatic carbocycles. The van der Waals surface area contributed by atoms with Crippen LogP contribution in [0, 0.1) is 0 Å². The Balaban J connectivity index is 2.43. The highest BCUT2D eigenvalue weighted by Crippen LogP contribution is 2.29. The van der Waals surface area contributed by atoms with Gasteiger partial charge in [0.25, 0.3) is 0 Å². The maximum atomic E-state index is 5.85. The number of hydrogen-bond donors (Lipinski definition) is 1. The molecule has 0 spiro atoms. The number of aromatic amines is 1. The molecule has 0 aliphatic rings. The quantitative estimate of drug-likeness (QED) is 0.757. The first-order valence-corrected chi connectivity index (χ1v) is 5.26. The van der Waals surface area contributed by atoms with Gasteiger partial charge in [-0.3, -0.25) is 0 Å². The van der Waals surface area contributed by atoms with Gasteiger partial charge in [-0.05, 0) is 18.6 Å². The Labute approximate surface area is 80.4 Å². The van der Waals surface area contributed by atoms with Crippen molar-refractivity contribution in [3.05, 3.63) is 22.2 Å². The van der Waals surface area contributed by atoms with Gasteiger partial charge in [-0.25, -0.2) is 0 Å². The predicted molar refractivity (Wildman–Crippen MR) is 55.2 cm³/mol. The zero-order chi connectivity index (χ0) is 8.55. The molecule has 0 radical (unpaired) electrons. The van der Waals surface area contributed by atoms with Gasteiger partial charge in [0.1, 0.15) is 4.83 Å². The topological polar surface area (TPSA) is 15.8 Å². The summed E-state index contributed by atoms with van der Waals surface area (Å²) in [7, 11) is 0. The highest BCUT2D eigenvalue weighted by molar-refractivity contribution is 7.22. The van der Waals surface area contributed by atoms with Gasteiger partial charge in [-0.15, -0.1) is 11.3 Å². The molecule has 64 valence electrons. The first-order valence-electron chi connectivity index (χ1n) is 4.06. The summed E-state index contributed by atoms with van der Waals surface area (Å²) in [6, 6.07) is 4.19. The van der Waals surface area contributed by atoms with E-state index in [4.69, 9.17) is 11.6 Å². The third-order valence-corrected chi connectivity index (χ3v) is 3.05. The minimum Gasteiger partial charge on any atom is -0.350 e. The molecular formula is C9H10ClNS. The van der Waals surface area contributed by atoms with Crippen molar-refractivity contribution in [3.63, 3.8) is 0 Å². The predicted octanol–water partition coefficient (Wildman–Crippen LogP) is 3.84. The van der Waals surface area contributed by atoms with Gasteiger partial charge in [0.2, 0.25) is 0 Å². The van der Waals surface area contributed by atoms with Crippen molar-refractivity contribution in [3.8, 4) is 0 Å². The number of rotatable bonds is 2. The van der Waals surface area contributed by atoms with Crippen LogP contribution in [0.4, 0.5) is 0 Å². The maximum absolute atomic E-state index is 5.85. The summed E-state index contributed by atoms with van der Waals surface area (Å²) < 4.78 is 0.860. The summed E-state index contributed by atoms with van der Waals surface area (Å²) >= 11 is 7.46. The first kappa shape index (κ1) is 8.14. The normalized spacial score (nSPS) is 11.2. The van der Waals surface area contributed by atoms with E-state index in [-0.39, 0.29) is 0 Å². The van der Waals surface area contributed by atoms with E-state index in [9.17, 15) is 0 Å².